The Labute approximate surface area is 106 Å². The van der Waals surface area contributed by atoms with Gasteiger partial charge >= 0.3 is 0 Å². The van der Waals surface area contributed by atoms with E-state index in [2.05, 4.69) is 29.1 Å². The van der Waals surface area contributed by atoms with Crippen molar-refractivity contribution < 1.29 is 4.74 Å². The Morgan fingerprint density at radius 2 is 2.24 bits per heavy atom. The zero-order valence-corrected chi connectivity index (χ0v) is 11.0. The van der Waals surface area contributed by atoms with Gasteiger partial charge in [-0.05, 0) is 6.42 Å². The van der Waals surface area contributed by atoms with Crippen molar-refractivity contribution in [3.63, 3.8) is 0 Å². The number of methoxy groups -OCH3 is 1. The lowest BCUT2D eigenvalue weighted by Gasteiger charge is -2.51. The first-order chi connectivity index (χ1) is 7.96. The average molecular weight is 257 g/mol. The van der Waals surface area contributed by atoms with Gasteiger partial charge in [-0.1, -0.05) is 25.4 Å². The molecule has 2 atom stereocenters. The number of hydrogen-bond donors (Lipinski definition) is 2. The number of rotatable bonds is 3. The highest BCUT2D eigenvalue weighted by Gasteiger charge is 2.48. The van der Waals surface area contributed by atoms with Gasteiger partial charge in [-0.15, -0.1) is 0 Å². The van der Waals surface area contributed by atoms with Crippen LogP contribution in [0.4, 0.5) is 11.6 Å². The fourth-order valence-corrected chi connectivity index (χ4v) is 2.33. The lowest BCUT2D eigenvalue weighted by Crippen LogP contribution is -2.57. The molecule has 94 valence electrons. The van der Waals surface area contributed by atoms with Gasteiger partial charge in [-0.3, -0.25) is 0 Å². The molecule has 0 spiro atoms. The van der Waals surface area contributed by atoms with Crippen LogP contribution in [-0.4, -0.2) is 29.2 Å². The molecular weight excluding hydrogens is 240 g/mol. The van der Waals surface area contributed by atoms with Gasteiger partial charge in [-0.2, -0.15) is 0 Å². The van der Waals surface area contributed by atoms with E-state index in [1.165, 1.54) is 6.33 Å². The van der Waals surface area contributed by atoms with Crippen molar-refractivity contribution >= 4 is 23.2 Å². The molecule has 17 heavy (non-hydrogen) atoms. The van der Waals surface area contributed by atoms with Crippen LogP contribution in [0.15, 0.2) is 6.33 Å². The third kappa shape index (κ3) is 2.05. The summed E-state index contributed by atoms with van der Waals surface area (Å²) in [5, 5.41) is 3.68. The molecule has 0 aliphatic heterocycles. The van der Waals surface area contributed by atoms with Crippen LogP contribution in [0.1, 0.15) is 20.3 Å². The molecule has 6 heteroatoms. The minimum atomic E-state index is 0.0534. The fraction of sp³-hybridized carbons (Fsp3) is 0.636. The summed E-state index contributed by atoms with van der Waals surface area (Å²) in [5.74, 6) is 0.886. The molecule has 1 aliphatic rings. The second-order valence-electron chi connectivity index (χ2n) is 4.90. The van der Waals surface area contributed by atoms with Crippen LogP contribution in [0, 0.1) is 5.41 Å². The molecule has 1 fully saturated rings. The summed E-state index contributed by atoms with van der Waals surface area (Å²) in [7, 11) is 1.73. The molecule has 0 aromatic carbocycles. The van der Waals surface area contributed by atoms with E-state index in [-0.39, 0.29) is 17.6 Å². The van der Waals surface area contributed by atoms with E-state index in [1.807, 2.05) is 0 Å². The highest BCUT2D eigenvalue weighted by atomic mass is 35.5. The topological polar surface area (TPSA) is 73.1 Å². The molecule has 1 aliphatic carbocycles. The standard InChI is InChI=1S/C11H17ClN4O/c1-11(2)6(4-7(11)17-3)16-10-8(12)9(13)14-5-15-10/h5-7H,4H2,1-3H3,(H3,13,14,15,16). The highest BCUT2D eigenvalue weighted by molar-refractivity contribution is 6.35. The number of anilines is 2. The van der Waals surface area contributed by atoms with E-state index in [1.54, 1.807) is 7.11 Å². The largest absolute Gasteiger partial charge is 0.382 e. The zero-order valence-electron chi connectivity index (χ0n) is 10.2. The summed E-state index contributed by atoms with van der Waals surface area (Å²) in [5.41, 5.74) is 5.68. The molecule has 0 radical (unpaired) electrons. The zero-order chi connectivity index (χ0) is 12.6. The molecule has 0 saturated heterocycles. The SMILES string of the molecule is COC1CC(Nc2ncnc(N)c2Cl)C1(C)C. The first-order valence-corrected chi connectivity index (χ1v) is 5.90. The van der Waals surface area contributed by atoms with Gasteiger partial charge in [0.25, 0.3) is 0 Å². The number of ether oxygens (including phenoxy) is 1. The first kappa shape index (κ1) is 12.4. The second-order valence-corrected chi connectivity index (χ2v) is 5.28. The summed E-state index contributed by atoms with van der Waals surface area (Å²) in [6, 6.07) is 0.277. The fourth-order valence-electron chi connectivity index (χ4n) is 2.18. The summed E-state index contributed by atoms with van der Waals surface area (Å²) in [6.07, 6.45) is 2.60. The number of nitrogens with two attached hydrogens (primary N) is 1. The molecule has 5 nitrogen and oxygen atoms in total. The quantitative estimate of drug-likeness (QED) is 0.865. The molecular formula is C11H17ClN4O. The van der Waals surface area contributed by atoms with Crippen molar-refractivity contribution in [2.24, 2.45) is 5.41 Å². The number of aromatic nitrogens is 2. The Morgan fingerprint density at radius 1 is 1.53 bits per heavy atom. The Bertz CT molecular complexity index is 424. The Kier molecular flexibility index (Phi) is 3.14. The van der Waals surface area contributed by atoms with Crippen LogP contribution in [0.3, 0.4) is 0 Å². The summed E-state index contributed by atoms with van der Waals surface area (Å²) < 4.78 is 5.39. The van der Waals surface area contributed by atoms with Crippen molar-refractivity contribution in [3.8, 4) is 0 Å². The predicted octanol–water partition coefficient (Wildman–Crippen LogP) is 1.94. The Hall–Kier alpha value is -1.07. The number of halogens is 1. The molecule has 0 amide bonds. The van der Waals surface area contributed by atoms with Gasteiger partial charge in [0.1, 0.15) is 17.2 Å². The van der Waals surface area contributed by atoms with Crippen molar-refractivity contribution in [1.82, 2.24) is 9.97 Å². The van der Waals surface area contributed by atoms with Gasteiger partial charge in [0.05, 0.1) is 6.10 Å². The summed E-state index contributed by atoms with van der Waals surface area (Å²) in [4.78, 5) is 7.93. The van der Waals surface area contributed by atoms with Crippen LogP contribution in [0.2, 0.25) is 5.02 Å². The molecule has 2 rings (SSSR count). The molecule has 1 heterocycles. The van der Waals surface area contributed by atoms with Crippen molar-refractivity contribution in [1.29, 1.82) is 0 Å². The maximum absolute atomic E-state index is 6.04. The van der Waals surface area contributed by atoms with Crippen molar-refractivity contribution in [3.05, 3.63) is 11.3 Å². The lowest BCUT2D eigenvalue weighted by molar-refractivity contribution is -0.0795. The Morgan fingerprint density at radius 3 is 2.82 bits per heavy atom. The molecule has 1 aromatic rings. The van der Waals surface area contributed by atoms with Crippen LogP contribution in [-0.2, 0) is 4.74 Å². The van der Waals surface area contributed by atoms with E-state index >= 15 is 0 Å². The third-order valence-electron chi connectivity index (χ3n) is 3.59. The minimum absolute atomic E-state index is 0.0534. The number of nitrogen functional groups attached to an aromatic ring is 1. The van der Waals surface area contributed by atoms with E-state index < -0.39 is 0 Å². The smallest absolute Gasteiger partial charge is 0.150 e. The van der Waals surface area contributed by atoms with Crippen LogP contribution < -0.4 is 11.1 Å². The maximum atomic E-state index is 6.04. The molecule has 2 unspecified atom stereocenters. The highest BCUT2D eigenvalue weighted by Crippen LogP contribution is 2.44. The van der Waals surface area contributed by atoms with E-state index in [9.17, 15) is 0 Å². The molecule has 0 bridgehead atoms. The van der Waals surface area contributed by atoms with Crippen LogP contribution in [0.5, 0.6) is 0 Å². The summed E-state index contributed by atoms with van der Waals surface area (Å²) >= 11 is 6.04. The molecule has 3 N–H and O–H groups in total. The minimum Gasteiger partial charge on any atom is -0.382 e. The number of nitrogens with one attached hydrogen (secondary N) is 1. The van der Waals surface area contributed by atoms with Gasteiger partial charge in [0.15, 0.2) is 5.82 Å². The lowest BCUT2D eigenvalue weighted by atomic mass is 9.64. The van der Waals surface area contributed by atoms with Gasteiger partial charge in [0.2, 0.25) is 0 Å². The number of hydrogen-bond acceptors (Lipinski definition) is 5. The van der Waals surface area contributed by atoms with Gasteiger partial charge in [-0.25, -0.2) is 9.97 Å². The normalized spacial score (nSPS) is 26.4. The van der Waals surface area contributed by atoms with E-state index in [0.717, 1.165) is 6.42 Å². The van der Waals surface area contributed by atoms with E-state index in [0.29, 0.717) is 16.7 Å². The summed E-state index contributed by atoms with van der Waals surface area (Å²) in [6.45, 7) is 4.31. The number of nitrogens with zero attached hydrogens (tertiary/aromatic N) is 2. The molecule has 1 aromatic heterocycles. The van der Waals surface area contributed by atoms with Crippen LogP contribution in [0.25, 0.3) is 0 Å². The monoisotopic (exact) mass is 256 g/mol. The Balaban J connectivity index is 2.11. The van der Waals surface area contributed by atoms with Crippen molar-refractivity contribution in [2.45, 2.75) is 32.4 Å². The second kappa shape index (κ2) is 4.31. The van der Waals surface area contributed by atoms with Crippen molar-refractivity contribution in [2.75, 3.05) is 18.2 Å². The van der Waals surface area contributed by atoms with Gasteiger partial charge in [0, 0.05) is 18.6 Å². The van der Waals surface area contributed by atoms with Gasteiger partial charge < -0.3 is 15.8 Å². The first-order valence-electron chi connectivity index (χ1n) is 5.52. The van der Waals surface area contributed by atoms with Crippen LogP contribution >= 0.6 is 11.6 Å². The predicted molar refractivity (Wildman–Crippen MR) is 68.1 cm³/mol. The third-order valence-corrected chi connectivity index (χ3v) is 3.96. The maximum Gasteiger partial charge on any atom is 0.150 e. The van der Waals surface area contributed by atoms with E-state index in [4.69, 9.17) is 22.1 Å². The molecule has 1 saturated carbocycles. The average Bonchev–Trinajstić information content (AvgIpc) is 2.29.